The highest BCUT2D eigenvalue weighted by Gasteiger charge is 2.30. The van der Waals surface area contributed by atoms with Crippen molar-refractivity contribution in [1.29, 1.82) is 0 Å². The smallest absolute Gasteiger partial charge is 0.247 e. The molecule has 1 heterocycles. The molecule has 1 aliphatic heterocycles. The fourth-order valence-electron chi connectivity index (χ4n) is 3.88. The van der Waals surface area contributed by atoms with Gasteiger partial charge in [0.05, 0.1) is 23.4 Å². The fourth-order valence-corrected chi connectivity index (χ4v) is 6.57. The molecule has 34 heavy (non-hydrogen) atoms. The number of piperidine rings is 1. The van der Waals surface area contributed by atoms with Crippen molar-refractivity contribution < 1.29 is 26.4 Å². The van der Waals surface area contributed by atoms with E-state index in [0.717, 1.165) is 29.8 Å². The van der Waals surface area contributed by atoms with Crippen molar-refractivity contribution in [3.63, 3.8) is 0 Å². The molecule has 2 aromatic carbocycles. The average molecular weight is 510 g/mol. The van der Waals surface area contributed by atoms with Crippen LogP contribution in [-0.4, -0.2) is 59.0 Å². The Morgan fingerprint density at radius 3 is 2.12 bits per heavy atom. The molecule has 0 radical (unpaired) electrons. The maximum atomic E-state index is 12.9. The number of hydrogen-bond acceptors (Lipinski definition) is 6. The fraction of sp³-hybridized carbons (Fsp3) is 0.435. The zero-order valence-electron chi connectivity index (χ0n) is 19.6. The predicted molar refractivity (Wildman–Crippen MR) is 132 cm³/mol. The molecular formula is C23H31N3O6S2. The van der Waals surface area contributed by atoms with Gasteiger partial charge in [0.25, 0.3) is 0 Å². The molecule has 0 saturated carbocycles. The first-order chi connectivity index (χ1) is 16.0. The van der Waals surface area contributed by atoms with E-state index in [4.69, 9.17) is 4.74 Å². The number of amides is 1. The van der Waals surface area contributed by atoms with Crippen LogP contribution in [0, 0.1) is 0 Å². The highest BCUT2D eigenvalue weighted by atomic mass is 32.2. The lowest BCUT2D eigenvalue weighted by Gasteiger charge is -2.28. The first-order valence-corrected chi connectivity index (χ1v) is 14.5. The lowest BCUT2D eigenvalue weighted by atomic mass is 10.2. The van der Waals surface area contributed by atoms with Crippen LogP contribution >= 0.6 is 0 Å². The van der Waals surface area contributed by atoms with Gasteiger partial charge in [-0.1, -0.05) is 6.42 Å². The maximum absolute atomic E-state index is 12.9. The summed E-state index contributed by atoms with van der Waals surface area (Å²) in [6, 6.07) is 11.3. The van der Waals surface area contributed by atoms with Gasteiger partial charge in [-0.25, -0.2) is 16.8 Å². The molecule has 1 saturated heterocycles. The van der Waals surface area contributed by atoms with Crippen LogP contribution < -0.4 is 14.4 Å². The van der Waals surface area contributed by atoms with Gasteiger partial charge in [0.15, 0.2) is 0 Å². The number of rotatable bonds is 9. The van der Waals surface area contributed by atoms with Crippen molar-refractivity contribution in [1.82, 2.24) is 4.31 Å². The summed E-state index contributed by atoms with van der Waals surface area (Å²) in [6.07, 6.45) is 3.75. The number of carbonyl (C=O) groups is 1. The molecule has 11 heteroatoms. The van der Waals surface area contributed by atoms with Gasteiger partial charge >= 0.3 is 0 Å². The average Bonchev–Trinajstić information content (AvgIpc) is 2.80. The highest BCUT2D eigenvalue weighted by molar-refractivity contribution is 7.92. The van der Waals surface area contributed by atoms with Crippen LogP contribution in [0.4, 0.5) is 11.4 Å². The number of hydrogen-bond donors (Lipinski definition) is 1. The SMILES string of the molecule is CCOc1ccc(N(C(C)C(=O)Nc2ccc(S(=O)(=O)N3CCCCC3)cc2)S(C)(=O)=O)cc1. The van der Waals surface area contributed by atoms with Crippen LogP contribution in [0.3, 0.4) is 0 Å². The molecule has 0 bridgehead atoms. The van der Waals surface area contributed by atoms with Gasteiger partial charge in [-0.05, 0) is 75.2 Å². The minimum Gasteiger partial charge on any atom is -0.494 e. The van der Waals surface area contributed by atoms with Crippen LogP contribution in [-0.2, 0) is 24.8 Å². The number of benzene rings is 2. The third-order valence-corrected chi connectivity index (χ3v) is 8.72. The number of nitrogens with one attached hydrogen (secondary N) is 1. The van der Waals surface area contributed by atoms with E-state index >= 15 is 0 Å². The van der Waals surface area contributed by atoms with Crippen LogP contribution in [0.25, 0.3) is 0 Å². The van der Waals surface area contributed by atoms with E-state index in [-0.39, 0.29) is 4.90 Å². The molecular weight excluding hydrogens is 478 g/mol. The molecule has 1 aliphatic rings. The highest BCUT2D eigenvalue weighted by Crippen LogP contribution is 2.25. The van der Waals surface area contributed by atoms with Crippen LogP contribution in [0.2, 0.25) is 0 Å². The monoisotopic (exact) mass is 509 g/mol. The molecule has 2 aromatic rings. The largest absolute Gasteiger partial charge is 0.494 e. The Morgan fingerprint density at radius 1 is 1.00 bits per heavy atom. The Bertz CT molecular complexity index is 1190. The molecule has 1 amide bonds. The first-order valence-electron chi connectivity index (χ1n) is 11.2. The number of carbonyl (C=O) groups excluding carboxylic acids is 1. The van der Waals surface area contributed by atoms with E-state index in [0.29, 0.717) is 36.8 Å². The summed E-state index contributed by atoms with van der Waals surface area (Å²) in [5.74, 6) is 0.0438. The minimum atomic E-state index is -3.77. The normalized spacial score (nSPS) is 16.0. The molecule has 3 rings (SSSR count). The molecule has 1 atom stereocenters. The van der Waals surface area contributed by atoms with Crippen LogP contribution in [0.15, 0.2) is 53.4 Å². The predicted octanol–water partition coefficient (Wildman–Crippen LogP) is 3.05. The number of nitrogens with zero attached hydrogens (tertiary/aromatic N) is 2. The van der Waals surface area contributed by atoms with Gasteiger partial charge in [-0.15, -0.1) is 0 Å². The number of anilines is 2. The summed E-state index contributed by atoms with van der Waals surface area (Å²) in [5.41, 5.74) is 0.700. The number of ether oxygens (including phenoxy) is 1. The third kappa shape index (κ3) is 6.08. The summed E-state index contributed by atoms with van der Waals surface area (Å²) in [7, 11) is -7.35. The summed E-state index contributed by atoms with van der Waals surface area (Å²) in [4.78, 5) is 13.1. The van der Waals surface area contributed by atoms with Crippen molar-refractivity contribution in [3.8, 4) is 5.75 Å². The molecule has 1 fully saturated rings. The van der Waals surface area contributed by atoms with E-state index in [2.05, 4.69) is 5.32 Å². The van der Waals surface area contributed by atoms with E-state index in [9.17, 15) is 21.6 Å². The van der Waals surface area contributed by atoms with Crippen LogP contribution in [0.5, 0.6) is 5.75 Å². The number of sulfonamides is 2. The van der Waals surface area contributed by atoms with Gasteiger partial charge in [-0.2, -0.15) is 4.31 Å². The van der Waals surface area contributed by atoms with Crippen molar-refractivity contribution in [2.75, 3.05) is 35.6 Å². The molecule has 1 N–H and O–H groups in total. The van der Waals surface area contributed by atoms with Gasteiger partial charge < -0.3 is 10.1 Å². The second-order valence-corrected chi connectivity index (χ2v) is 11.9. The van der Waals surface area contributed by atoms with Crippen LogP contribution in [0.1, 0.15) is 33.1 Å². The summed E-state index contributed by atoms with van der Waals surface area (Å²) < 4.78 is 58.5. The van der Waals surface area contributed by atoms with E-state index < -0.39 is 32.0 Å². The van der Waals surface area contributed by atoms with Crippen molar-refractivity contribution in [2.24, 2.45) is 0 Å². The Labute approximate surface area is 201 Å². The summed E-state index contributed by atoms with van der Waals surface area (Å²) >= 11 is 0. The molecule has 1 unspecified atom stereocenters. The topological polar surface area (TPSA) is 113 Å². The second kappa shape index (κ2) is 10.7. The van der Waals surface area contributed by atoms with Gasteiger partial charge in [0.1, 0.15) is 11.8 Å². The van der Waals surface area contributed by atoms with E-state index in [1.807, 2.05) is 6.92 Å². The summed E-state index contributed by atoms with van der Waals surface area (Å²) in [6.45, 7) is 4.82. The standard InChI is InChI=1S/C23H31N3O6S2/c1-4-32-21-12-10-20(11-13-21)26(33(3,28)29)18(2)23(27)24-19-8-14-22(15-9-19)34(30,31)25-16-6-5-7-17-25/h8-15,18H,4-7,16-17H2,1-3H3,(H,24,27). The maximum Gasteiger partial charge on any atom is 0.247 e. The molecule has 9 nitrogen and oxygen atoms in total. The molecule has 0 aromatic heterocycles. The molecule has 186 valence electrons. The second-order valence-electron chi connectivity index (χ2n) is 8.14. The van der Waals surface area contributed by atoms with E-state index in [1.54, 1.807) is 24.3 Å². The Balaban J connectivity index is 1.75. The van der Waals surface area contributed by atoms with Gasteiger partial charge in [0.2, 0.25) is 26.0 Å². The van der Waals surface area contributed by atoms with Crippen molar-refractivity contribution in [3.05, 3.63) is 48.5 Å². The Hall–Kier alpha value is -2.63. The lowest BCUT2D eigenvalue weighted by Crippen LogP contribution is -2.45. The minimum absolute atomic E-state index is 0.160. The third-order valence-electron chi connectivity index (χ3n) is 5.57. The zero-order valence-corrected chi connectivity index (χ0v) is 21.2. The molecule has 0 spiro atoms. The summed E-state index contributed by atoms with van der Waals surface area (Å²) in [5, 5.41) is 2.68. The Morgan fingerprint density at radius 2 is 1.59 bits per heavy atom. The quantitative estimate of drug-likeness (QED) is 0.556. The zero-order chi connectivity index (χ0) is 24.9. The first kappa shape index (κ1) is 26.0. The van der Waals surface area contributed by atoms with Crippen molar-refractivity contribution >= 4 is 37.3 Å². The van der Waals surface area contributed by atoms with Gasteiger partial charge in [0, 0.05) is 18.8 Å². The lowest BCUT2D eigenvalue weighted by molar-refractivity contribution is -0.116. The molecule has 0 aliphatic carbocycles. The van der Waals surface area contributed by atoms with E-state index in [1.165, 1.54) is 35.5 Å². The Kier molecular flexibility index (Phi) is 8.21. The van der Waals surface area contributed by atoms with Gasteiger partial charge in [-0.3, -0.25) is 9.10 Å². The van der Waals surface area contributed by atoms with Crippen molar-refractivity contribution in [2.45, 2.75) is 44.0 Å².